The number of aldehydes is 1. The Morgan fingerprint density at radius 2 is 2.12 bits per heavy atom. The average molecular weight is 393 g/mol. The number of nitrogens with one attached hydrogen (secondary N) is 1. The third kappa shape index (κ3) is 3.59. The molecule has 0 saturated carbocycles. The molecule has 1 unspecified atom stereocenters. The molecule has 1 atom stereocenters. The minimum atomic E-state index is -0.627. The number of hydrogen-bond acceptors (Lipinski definition) is 5. The number of likely N-dealkylation sites (tertiary alicyclic amines) is 1. The van der Waals surface area contributed by atoms with Gasteiger partial charge < -0.3 is 10.2 Å². The molecule has 1 fully saturated rings. The van der Waals surface area contributed by atoms with Crippen molar-refractivity contribution in [3.05, 3.63) is 52.0 Å². The van der Waals surface area contributed by atoms with Crippen molar-refractivity contribution in [2.24, 2.45) is 0 Å². The van der Waals surface area contributed by atoms with Gasteiger partial charge in [0.2, 0.25) is 5.95 Å². The normalized spacial score (nSPS) is 16.9. The lowest BCUT2D eigenvalue weighted by Gasteiger charge is -2.17. The molecule has 8 heteroatoms. The maximum absolute atomic E-state index is 13.9. The summed E-state index contributed by atoms with van der Waals surface area (Å²) < 4.78 is 14.7. The van der Waals surface area contributed by atoms with Crippen LogP contribution in [0.5, 0.6) is 0 Å². The van der Waals surface area contributed by atoms with Gasteiger partial charge >= 0.3 is 0 Å². The number of amides is 1. The SMILES string of the molecule is O=Cc1ccc(F)c(C(=O)N2CCC(Nc3ncc(Br)cn3)C2)c1. The lowest BCUT2D eigenvalue weighted by Crippen LogP contribution is -2.32. The summed E-state index contributed by atoms with van der Waals surface area (Å²) >= 11 is 3.27. The third-order valence-electron chi connectivity index (χ3n) is 3.79. The van der Waals surface area contributed by atoms with Gasteiger partial charge in [0.05, 0.1) is 10.0 Å². The molecule has 1 aromatic carbocycles. The number of hydrogen-bond donors (Lipinski definition) is 1. The summed E-state index contributed by atoms with van der Waals surface area (Å²) in [4.78, 5) is 33.1. The molecule has 6 nitrogen and oxygen atoms in total. The number of rotatable bonds is 4. The Labute approximate surface area is 146 Å². The molecule has 24 heavy (non-hydrogen) atoms. The number of nitrogens with zero attached hydrogens (tertiary/aromatic N) is 3. The van der Waals surface area contributed by atoms with E-state index >= 15 is 0 Å². The van der Waals surface area contributed by atoms with E-state index in [4.69, 9.17) is 0 Å². The third-order valence-corrected chi connectivity index (χ3v) is 4.20. The van der Waals surface area contributed by atoms with Crippen LogP contribution >= 0.6 is 15.9 Å². The first-order valence-corrected chi connectivity index (χ1v) is 8.14. The van der Waals surface area contributed by atoms with Gasteiger partial charge in [-0.2, -0.15) is 0 Å². The van der Waals surface area contributed by atoms with Gasteiger partial charge in [-0.1, -0.05) is 0 Å². The molecule has 1 N–H and O–H groups in total. The molecule has 1 aromatic heterocycles. The van der Waals surface area contributed by atoms with Gasteiger partial charge in [-0.05, 0) is 40.5 Å². The molecule has 3 rings (SSSR count). The van der Waals surface area contributed by atoms with Crippen LogP contribution in [-0.2, 0) is 0 Å². The molecule has 2 heterocycles. The Balaban J connectivity index is 1.67. The first-order valence-electron chi connectivity index (χ1n) is 7.35. The Morgan fingerprint density at radius 1 is 1.38 bits per heavy atom. The fourth-order valence-corrected chi connectivity index (χ4v) is 2.79. The van der Waals surface area contributed by atoms with Crippen molar-refractivity contribution in [1.82, 2.24) is 14.9 Å². The van der Waals surface area contributed by atoms with Gasteiger partial charge in [0, 0.05) is 37.1 Å². The lowest BCUT2D eigenvalue weighted by atomic mass is 10.1. The summed E-state index contributed by atoms with van der Waals surface area (Å²) in [5.74, 6) is -0.567. The Bertz CT molecular complexity index is 769. The highest BCUT2D eigenvalue weighted by Crippen LogP contribution is 2.19. The summed E-state index contributed by atoms with van der Waals surface area (Å²) in [5, 5.41) is 3.15. The van der Waals surface area contributed by atoms with Crippen LogP contribution in [0.1, 0.15) is 27.1 Å². The molecule has 0 radical (unpaired) electrons. The van der Waals surface area contributed by atoms with E-state index in [1.165, 1.54) is 12.1 Å². The van der Waals surface area contributed by atoms with Gasteiger partial charge in [0.25, 0.3) is 5.91 Å². The summed E-state index contributed by atoms with van der Waals surface area (Å²) in [6, 6.07) is 3.76. The molecule has 124 valence electrons. The fourth-order valence-electron chi connectivity index (χ4n) is 2.58. The molecular weight excluding hydrogens is 379 g/mol. The molecule has 1 saturated heterocycles. The molecule has 0 aliphatic carbocycles. The van der Waals surface area contributed by atoms with Gasteiger partial charge in [-0.15, -0.1) is 0 Å². The summed E-state index contributed by atoms with van der Waals surface area (Å²) in [7, 11) is 0. The standard InChI is InChI=1S/C16H14BrFN4O2/c17-11-6-19-16(20-7-11)21-12-3-4-22(8-12)15(24)13-5-10(9-23)1-2-14(13)18/h1-2,5-7,9,12H,3-4,8H2,(H,19,20,21). The zero-order valence-corrected chi connectivity index (χ0v) is 14.2. The highest BCUT2D eigenvalue weighted by molar-refractivity contribution is 9.10. The molecule has 2 aromatic rings. The first kappa shape index (κ1) is 16.5. The summed E-state index contributed by atoms with van der Waals surface area (Å²) in [6.07, 6.45) is 4.57. The predicted molar refractivity (Wildman–Crippen MR) is 89.5 cm³/mol. The van der Waals surface area contributed by atoms with E-state index in [-0.39, 0.29) is 17.2 Å². The van der Waals surface area contributed by atoms with E-state index in [2.05, 4.69) is 31.2 Å². The van der Waals surface area contributed by atoms with Crippen LogP contribution in [0.2, 0.25) is 0 Å². The van der Waals surface area contributed by atoms with Crippen LogP contribution in [0.25, 0.3) is 0 Å². The van der Waals surface area contributed by atoms with E-state index in [0.717, 1.165) is 10.5 Å². The van der Waals surface area contributed by atoms with Crippen LogP contribution < -0.4 is 5.32 Å². The number of benzene rings is 1. The number of carbonyl (C=O) groups is 2. The van der Waals surface area contributed by atoms with Crippen LogP contribution in [0.4, 0.5) is 10.3 Å². The van der Waals surface area contributed by atoms with Crippen LogP contribution in [0.15, 0.2) is 35.1 Å². The van der Waals surface area contributed by atoms with Gasteiger partial charge in [0.1, 0.15) is 12.1 Å². The van der Waals surface area contributed by atoms with Crippen molar-refractivity contribution in [2.45, 2.75) is 12.5 Å². The molecule has 1 amide bonds. The van der Waals surface area contributed by atoms with Gasteiger partial charge in [0.15, 0.2) is 0 Å². The monoisotopic (exact) mass is 392 g/mol. The highest BCUT2D eigenvalue weighted by Gasteiger charge is 2.28. The molecule has 0 bridgehead atoms. The smallest absolute Gasteiger partial charge is 0.256 e. The minimum Gasteiger partial charge on any atom is -0.350 e. The second kappa shape index (κ2) is 7.04. The summed E-state index contributed by atoms with van der Waals surface area (Å²) in [5.41, 5.74) is 0.192. The topological polar surface area (TPSA) is 75.2 Å². The first-order chi connectivity index (χ1) is 11.6. The largest absolute Gasteiger partial charge is 0.350 e. The molecular formula is C16H14BrFN4O2. The van der Waals surface area contributed by atoms with Crippen molar-refractivity contribution >= 4 is 34.1 Å². The van der Waals surface area contributed by atoms with Crippen molar-refractivity contribution in [1.29, 1.82) is 0 Å². The van der Waals surface area contributed by atoms with Crippen LogP contribution in [0.3, 0.4) is 0 Å². The minimum absolute atomic E-state index is 0.00700. The zero-order valence-electron chi connectivity index (χ0n) is 12.6. The quantitative estimate of drug-likeness (QED) is 0.809. The number of halogens is 2. The maximum Gasteiger partial charge on any atom is 0.256 e. The van der Waals surface area contributed by atoms with Crippen molar-refractivity contribution in [2.75, 3.05) is 18.4 Å². The number of carbonyl (C=O) groups excluding carboxylic acids is 2. The lowest BCUT2D eigenvalue weighted by molar-refractivity contribution is 0.0787. The van der Waals surface area contributed by atoms with Crippen LogP contribution in [0, 0.1) is 5.82 Å². The second-order valence-electron chi connectivity index (χ2n) is 5.46. The molecule has 1 aliphatic rings. The average Bonchev–Trinajstić information content (AvgIpc) is 3.05. The maximum atomic E-state index is 13.9. The molecule has 0 spiro atoms. The van der Waals surface area contributed by atoms with E-state index in [1.807, 2.05) is 0 Å². The summed E-state index contributed by atoms with van der Waals surface area (Å²) in [6.45, 7) is 0.917. The van der Waals surface area contributed by atoms with E-state index in [0.29, 0.717) is 31.7 Å². The molecule has 1 aliphatic heterocycles. The zero-order chi connectivity index (χ0) is 17.1. The second-order valence-corrected chi connectivity index (χ2v) is 6.38. The number of aromatic nitrogens is 2. The van der Waals surface area contributed by atoms with Crippen molar-refractivity contribution in [3.8, 4) is 0 Å². The van der Waals surface area contributed by atoms with Crippen molar-refractivity contribution in [3.63, 3.8) is 0 Å². The number of anilines is 1. The van der Waals surface area contributed by atoms with Crippen LogP contribution in [-0.4, -0.2) is 46.2 Å². The van der Waals surface area contributed by atoms with E-state index < -0.39 is 11.7 Å². The van der Waals surface area contributed by atoms with Gasteiger partial charge in [-0.25, -0.2) is 14.4 Å². The predicted octanol–water partition coefficient (Wildman–Crippen LogP) is 2.52. The highest BCUT2D eigenvalue weighted by atomic mass is 79.9. The Morgan fingerprint density at radius 3 is 2.83 bits per heavy atom. The van der Waals surface area contributed by atoms with Crippen molar-refractivity contribution < 1.29 is 14.0 Å². The fraction of sp³-hybridized carbons (Fsp3) is 0.250. The van der Waals surface area contributed by atoms with E-state index in [1.54, 1.807) is 17.3 Å². The van der Waals surface area contributed by atoms with Gasteiger partial charge in [-0.3, -0.25) is 9.59 Å². The Hall–Kier alpha value is -2.35. The van der Waals surface area contributed by atoms with E-state index in [9.17, 15) is 14.0 Å². The Kier molecular flexibility index (Phi) is 4.84.